The first-order valence-corrected chi connectivity index (χ1v) is 4.63. The SMILES string of the molecule is C=C(C)COCC(C)C(C)(C)Cl. The van der Waals surface area contributed by atoms with Crippen LogP contribution in [-0.2, 0) is 4.74 Å². The first kappa shape index (κ1) is 12.0. The van der Waals surface area contributed by atoms with Gasteiger partial charge in [0.15, 0.2) is 0 Å². The molecule has 0 heterocycles. The molecule has 72 valence electrons. The molecule has 0 saturated carbocycles. The molecule has 0 fully saturated rings. The van der Waals surface area contributed by atoms with Crippen LogP contribution >= 0.6 is 11.6 Å². The van der Waals surface area contributed by atoms with Crippen molar-refractivity contribution in [3.05, 3.63) is 12.2 Å². The second kappa shape index (κ2) is 4.88. The maximum Gasteiger partial charge on any atom is 0.0671 e. The van der Waals surface area contributed by atoms with E-state index in [0.29, 0.717) is 19.1 Å². The first-order valence-electron chi connectivity index (χ1n) is 4.25. The Bertz CT molecular complexity index is 146. The molecule has 0 aromatic carbocycles. The second-order valence-corrected chi connectivity index (χ2v) is 4.91. The average Bonchev–Trinajstić information content (AvgIpc) is 1.84. The minimum atomic E-state index is -0.185. The van der Waals surface area contributed by atoms with Gasteiger partial charge in [-0.15, -0.1) is 11.6 Å². The Labute approximate surface area is 80.8 Å². The molecule has 0 rings (SSSR count). The predicted octanol–water partition coefficient (Wildman–Crippen LogP) is 3.23. The minimum Gasteiger partial charge on any atom is -0.377 e. The van der Waals surface area contributed by atoms with Crippen LogP contribution in [0.25, 0.3) is 0 Å². The molecule has 0 spiro atoms. The fourth-order valence-electron chi connectivity index (χ4n) is 0.608. The van der Waals surface area contributed by atoms with Gasteiger partial charge in [-0.3, -0.25) is 0 Å². The van der Waals surface area contributed by atoms with E-state index in [1.807, 2.05) is 20.8 Å². The molecule has 0 aliphatic heterocycles. The van der Waals surface area contributed by atoms with Crippen molar-refractivity contribution in [2.75, 3.05) is 13.2 Å². The maximum absolute atomic E-state index is 6.10. The molecule has 12 heavy (non-hydrogen) atoms. The molecule has 0 aliphatic carbocycles. The molecule has 2 heteroatoms. The fourth-order valence-corrected chi connectivity index (χ4v) is 0.671. The van der Waals surface area contributed by atoms with Crippen LogP contribution in [0.15, 0.2) is 12.2 Å². The van der Waals surface area contributed by atoms with Gasteiger partial charge in [0, 0.05) is 4.87 Å². The van der Waals surface area contributed by atoms with Gasteiger partial charge in [-0.1, -0.05) is 19.1 Å². The van der Waals surface area contributed by atoms with E-state index in [0.717, 1.165) is 5.57 Å². The summed E-state index contributed by atoms with van der Waals surface area (Å²) in [4.78, 5) is -0.185. The van der Waals surface area contributed by atoms with Gasteiger partial charge in [0.05, 0.1) is 13.2 Å². The lowest BCUT2D eigenvalue weighted by molar-refractivity contribution is 0.112. The molecule has 0 radical (unpaired) electrons. The lowest BCUT2D eigenvalue weighted by Gasteiger charge is -2.24. The minimum absolute atomic E-state index is 0.185. The van der Waals surface area contributed by atoms with E-state index in [9.17, 15) is 0 Å². The summed E-state index contributed by atoms with van der Waals surface area (Å²) < 4.78 is 5.40. The van der Waals surface area contributed by atoms with Gasteiger partial charge in [-0.05, 0) is 26.7 Å². The van der Waals surface area contributed by atoms with Crippen molar-refractivity contribution in [2.24, 2.45) is 5.92 Å². The topological polar surface area (TPSA) is 9.23 Å². The molecular formula is C10H19ClO. The zero-order valence-corrected chi connectivity index (χ0v) is 9.24. The Hall–Kier alpha value is -0.0100. The number of rotatable bonds is 5. The summed E-state index contributed by atoms with van der Waals surface area (Å²) in [5.41, 5.74) is 1.05. The number of alkyl halides is 1. The molecule has 0 aromatic heterocycles. The highest BCUT2D eigenvalue weighted by Crippen LogP contribution is 2.23. The summed E-state index contributed by atoms with van der Waals surface area (Å²) in [5, 5.41) is 0. The fraction of sp³-hybridized carbons (Fsp3) is 0.800. The van der Waals surface area contributed by atoms with E-state index in [1.54, 1.807) is 0 Å². The van der Waals surface area contributed by atoms with Crippen molar-refractivity contribution < 1.29 is 4.74 Å². The largest absolute Gasteiger partial charge is 0.377 e. The van der Waals surface area contributed by atoms with Crippen molar-refractivity contribution in [1.29, 1.82) is 0 Å². The maximum atomic E-state index is 6.10. The van der Waals surface area contributed by atoms with E-state index in [2.05, 4.69) is 13.5 Å². The molecule has 1 nitrogen and oxygen atoms in total. The molecule has 1 atom stereocenters. The average molecular weight is 191 g/mol. The smallest absolute Gasteiger partial charge is 0.0671 e. The van der Waals surface area contributed by atoms with Crippen LogP contribution < -0.4 is 0 Å². The van der Waals surface area contributed by atoms with Gasteiger partial charge in [-0.25, -0.2) is 0 Å². The molecule has 0 saturated heterocycles. The van der Waals surface area contributed by atoms with Crippen LogP contribution in [0.1, 0.15) is 27.7 Å². The summed E-state index contributed by atoms with van der Waals surface area (Å²) >= 11 is 6.10. The summed E-state index contributed by atoms with van der Waals surface area (Å²) in [6.07, 6.45) is 0. The third-order valence-corrected chi connectivity index (χ3v) is 2.26. The summed E-state index contributed by atoms with van der Waals surface area (Å²) in [6, 6.07) is 0. The van der Waals surface area contributed by atoms with Crippen molar-refractivity contribution >= 4 is 11.6 Å². The highest BCUT2D eigenvalue weighted by molar-refractivity contribution is 6.23. The number of hydrogen-bond donors (Lipinski definition) is 0. The van der Waals surface area contributed by atoms with Crippen molar-refractivity contribution in [3.8, 4) is 0 Å². The van der Waals surface area contributed by atoms with Crippen molar-refractivity contribution in [3.63, 3.8) is 0 Å². The molecule has 0 aliphatic rings. The highest BCUT2D eigenvalue weighted by atomic mass is 35.5. The number of halogens is 1. The third-order valence-electron chi connectivity index (χ3n) is 1.89. The molecule has 0 aromatic rings. The molecule has 0 bridgehead atoms. The summed E-state index contributed by atoms with van der Waals surface area (Å²) in [7, 11) is 0. The third kappa shape index (κ3) is 5.62. The zero-order valence-electron chi connectivity index (χ0n) is 8.48. The van der Waals surface area contributed by atoms with E-state index >= 15 is 0 Å². The first-order chi connectivity index (χ1) is 5.34. The lowest BCUT2D eigenvalue weighted by Crippen LogP contribution is -2.26. The van der Waals surface area contributed by atoms with Gasteiger partial charge in [0.1, 0.15) is 0 Å². The van der Waals surface area contributed by atoms with E-state index in [-0.39, 0.29) is 4.87 Å². The summed E-state index contributed by atoms with van der Waals surface area (Å²) in [6.45, 7) is 13.1. The molecule has 0 N–H and O–H groups in total. The van der Waals surface area contributed by atoms with Gasteiger partial charge in [0.25, 0.3) is 0 Å². The van der Waals surface area contributed by atoms with Crippen LogP contribution in [0.2, 0.25) is 0 Å². The Morgan fingerprint density at radius 2 is 2.08 bits per heavy atom. The Morgan fingerprint density at radius 3 is 2.42 bits per heavy atom. The highest BCUT2D eigenvalue weighted by Gasteiger charge is 2.22. The predicted molar refractivity (Wildman–Crippen MR) is 54.7 cm³/mol. The van der Waals surface area contributed by atoms with E-state index in [1.165, 1.54) is 0 Å². The normalized spacial score (nSPS) is 14.4. The Kier molecular flexibility index (Phi) is 4.88. The quantitative estimate of drug-likeness (QED) is 0.478. The monoisotopic (exact) mass is 190 g/mol. The summed E-state index contributed by atoms with van der Waals surface area (Å²) in [5.74, 6) is 0.360. The number of ether oxygens (including phenoxy) is 1. The van der Waals surface area contributed by atoms with Gasteiger partial charge in [0.2, 0.25) is 0 Å². The second-order valence-electron chi connectivity index (χ2n) is 3.94. The van der Waals surface area contributed by atoms with Gasteiger partial charge >= 0.3 is 0 Å². The standard InChI is InChI=1S/C10H19ClO/c1-8(2)6-12-7-9(3)10(4,5)11/h9H,1,6-7H2,2-5H3. The Balaban J connectivity index is 3.58. The van der Waals surface area contributed by atoms with Crippen LogP contribution in [0.4, 0.5) is 0 Å². The lowest BCUT2D eigenvalue weighted by atomic mass is 9.98. The van der Waals surface area contributed by atoms with E-state index in [4.69, 9.17) is 16.3 Å². The van der Waals surface area contributed by atoms with Gasteiger partial charge in [-0.2, -0.15) is 0 Å². The van der Waals surface area contributed by atoms with Crippen molar-refractivity contribution in [1.82, 2.24) is 0 Å². The van der Waals surface area contributed by atoms with Crippen LogP contribution in [0.5, 0.6) is 0 Å². The Morgan fingerprint density at radius 1 is 1.58 bits per heavy atom. The van der Waals surface area contributed by atoms with Gasteiger partial charge < -0.3 is 4.74 Å². The van der Waals surface area contributed by atoms with Crippen LogP contribution in [0, 0.1) is 5.92 Å². The van der Waals surface area contributed by atoms with Crippen molar-refractivity contribution in [2.45, 2.75) is 32.6 Å². The van der Waals surface area contributed by atoms with Crippen LogP contribution in [-0.4, -0.2) is 18.1 Å². The molecule has 0 amide bonds. The molecular weight excluding hydrogens is 172 g/mol. The van der Waals surface area contributed by atoms with E-state index < -0.39 is 0 Å². The molecule has 1 unspecified atom stereocenters. The number of hydrogen-bond acceptors (Lipinski definition) is 1. The zero-order chi connectivity index (χ0) is 9.78. The van der Waals surface area contributed by atoms with Crippen LogP contribution in [0.3, 0.4) is 0 Å².